The lowest BCUT2D eigenvalue weighted by Crippen LogP contribution is -2.53. The monoisotopic (exact) mass is 330 g/mol. The normalized spacial score (nSPS) is 33.1. The van der Waals surface area contributed by atoms with Gasteiger partial charge in [-0.15, -0.1) is 0 Å². The molecule has 1 aromatic rings. The van der Waals surface area contributed by atoms with Gasteiger partial charge in [-0.1, -0.05) is 0 Å². The highest BCUT2D eigenvalue weighted by atomic mass is 16.5. The summed E-state index contributed by atoms with van der Waals surface area (Å²) < 4.78 is 5.83. The van der Waals surface area contributed by atoms with Crippen molar-refractivity contribution in [3.05, 3.63) is 30.1 Å². The number of pyridine rings is 1. The molecule has 5 heteroatoms. The van der Waals surface area contributed by atoms with Crippen molar-refractivity contribution in [2.45, 2.75) is 50.7 Å². The van der Waals surface area contributed by atoms with E-state index in [0.29, 0.717) is 44.9 Å². The maximum Gasteiger partial charge on any atom is 0.232 e. The van der Waals surface area contributed by atoms with Crippen LogP contribution in [0.5, 0.6) is 0 Å². The van der Waals surface area contributed by atoms with Crippen molar-refractivity contribution in [1.82, 2.24) is 9.88 Å². The Bertz CT molecular complexity index is 637. The number of hydrogen-bond acceptors (Lipinski definition) is 4. The number of fused-ring (bicyclic) bond motifs is 1. The first-order valence-corrected chi connectivity index (χ1v) is 8.91. The number of piperidine rings is 1. The van der Waals surface area contributed by atoms with Gasteiger partial charge in [0.1, 0.15) is 0 Å². The van der Waals surface area contributed by atoms with Gasteiger partial charge < -0.3 is 14.7 Å². The number of carbonyl (C=O) groups is 1. The Hall–Kier alpha value is -1.46. The van der Waals surface area contributed by atoms with Crippen molar-refractivity contribution in [2.75, 3.05) is 19.7 Å². The lowest BCUT2D eigenvalue weighted by atomic mass is 9.82. The van der Waals surface area contributed by atoms with E-state index < -0.39 is 5.60 Å². The van der Waals surface area contributed by atoms with E-state index in [0.717, 1.165) is 12.0 Å². The molecule has 0 radical (unpaired) electrons. The van der Waals surface area contributed by atoms with Crippen molar-refractivity contribution in [3.63, 3.8) is 0 Å². The van der Waals surface area contributed by atoms with Gasteiger partial charge in [-0.05, 0) is 50.8 Å². The SMILES string of the molecule is CC1(C)OCC2CC21C(=O)N1CCC(O)(Cc2ccncc2)CC1. The highest BCUT2D eigenvalue weighted by molar-refractivity contribution is 5.88. The molecule has 4 rings (SSSR count). The average molecular weight is 330 g/mol. The van der Waals surface area contributed by atoms with Gasteiger partial charge in [-0.3, -0.25) is 9.78 Å². The van der Waals surface area contributed by atoms with Crippen LogP contribution >= 0.6 is 0 Å². The Morgan fingerprint density at radius 3 is 2.54 bits per heavy atom. The van der Waals surface area contributed by atoms with E-state index in [4.69, 9.17) is 4.74 Å². The van der Waals surface area contributed by atoms with Crippen molar-refractivity contribution < 1.29 is 14.6 Å². The second-order valence-electron chi connectivity index (χ2n) is 8.24. The van der Waals surface area contributed by atoms with Gasteiger partial charge >= 0.3 is 0 Å². The molecule has 1 aromatic heterocycles. The quantitative estimate of drug-likeness (QED) is 0.918. The molecule has 24 heavy (non-hydrogen) atoms. The van der Waals surface area contributed by atoms with Crippen molar-refractivity contribution >= 4 is 5.91 Å². The summed E-state index contributed by atoms with van der Waals surface area (Å²) in [5.74, 6) is 0.624. The summed E-state index contributed by atoms with van der Waals surface area (Å²) in [6, 6.07) is 3.89. The van der Waals surface area contributed by atoms with E-state index in [-0.39, 0.29) is 16.9 Å². The van der Waals surface area contributed by atoms with Gasteiger partial charge in [0.15, 0.2) is 0 Å². The number of hydrogen-bond donors (Lipinski definition) is 1. The minimum absolute atomic E-state index is 0.237. The zero-order valence-electron chi connectivity index (χ0n) is 14.5. The third kappa shape index (κ3) is 2.37. The highest BCUT2D eigenvalue weighted by Gasteiger charge is 2.73. The first-order chi connectivity index (χ1) is 11.4. The zero-order chi connectivity index (χ0) is 17.0. The third-order valence-electron chi connectivity index (χ3n) is 6.47. The van der Waals surface area contributed by atoms with Crippen LogP contribution in [0.15, 0.2) is 24.5 Å². The molecule has 0 aromatic carbocycles. The maximum absolute atomic E-state index is 13.1. The molecule has 2 atom stereocenters. The molecule has 1 saturated carbocycles. The third-order valence-corrected chi connectivity index (χ3v) is 6.47. The summed E-state index contributed by atoms with van der Waals surface area (Å²) in [7, 11) is 0. The summed E-state index contributed by atoms with van der Waals surface area (Å²) in [6.45, 7) is 6.05. The molecule has 0 spiro atoms. The first-order valence-electron chi connectivity index (χ1n) is 8.91. The fourth-order valence-electron chi connectivity index (χ4n) is 4.69. The van der Waals surface area contributed by atoms with Crippen LogP contribution in [0.1, 0.15) is 38.7 Å². The second-order valence-corrected chi connectivity index (χ2v) is 8.24. The smallest absolute Gasteiger partial charge is 0.232 e. The lowest BCUT2D eigenvalue weighted by Gasteiger charge is -2.41. The Morgan fingerprint density at radius 1 is 1.33 bits per heavy atom. The molecule has 5 nitrogen and oxygen atoms in total. The van der Waals surface area contributed by atoms with E-state index in [1.165, 1.54) is 0 Å². The van der Waals surface area contributed by atoms with E-state index >= 15 is 0 Å². The molecule has 3 aliphatic rings. The molecule has 2 unspecified atom stereocenters. The van der Waals surface area contributed by atoms with Crippen LogP contribution in [0.25, 0.3) is 0 Å². The van der Waals surface area contributed by atoms with Crippen LogP contribution < -0.4 is 0 Å². The van der Waals surface area contributed by atoms with Crippen molar-refractivity contribution in [1.29, 1.82) is 0 Å². The number of nitrogens with zero attached hydrogens (tertiary/aromatic N) is 2. The van der Waals surface area contributed by atoms with E-state index in [1.54, 1.807) is 12.4 Å². The van der Waals surface area contributed by atoms with Gasteiger partial charge in [-0.2, -0.15) is 0 Å². The minimum atomic E-state index is -0.722. The summed E-state index contributed by atoms with van der Waals surface area (Å²) in [4.78, 5) is 19.1. The molecular weight excluding hydrogens is 304 g/mol. The van der Waals surface area contributed by atoms with Crippen LogP contribution in [-0.2, 0) is 16.0 Å². The van der Waals surface area contributed by atoms with Gasteiger partial charge in [0.05, 0.1) is 23.2 Å². The number of amides is 1. The topological polar surface area (TPSA) is 62.7 Å². The molecule has 3 heterocycles. The molecule has 130 valence electrons. The summed E-state index contributed by atoms with van der Waals surface area (Å²) in [5, 5.41) is 10.9. The summed E-state index contributed by atoms with van der Waals surface area (Å²) >= 11 is 0. The number of aromatic nitrogens is 1. The number of rotatable bonds is 3. The van der Waals surface area contributed by atoms with Gasteiger partial charge in [0, 0.05) is 37.8 Å². The molecule has 1 amide bonds. The Labute approximate surface area is 143 Å². The molecule has 1 aliphatic carbocycles. The average Bonchev–Trinajstić information content (AvgIpc) is 3.24. The fraction of sp³-hybridized carbons (Fsp3) is 0.684. The van der Waals surface area contributed by atoms with E-state index in [1.807, 2.05) is 30.9 Å². The summed E-state index contributed by atoms with van der Waals surface area (Å²) in [5.41, 5.74) is -0.300. The zero-order valence-corrected chi connectivity index (χ0v) is 14.5. The predicted molar refractivity (Wildman–Crippen MR) is 89.3 cm³/mol. The maximum atomic E-state index is 13.1. The minimum Gasteiger partial charge on any atom is -0.389 e. The molecule has 0 bridgehead atoms. The van der Waals surface area contributed by atoms with Crippen molar-refractivity contribution in [2.24, 2.45) is 11.3 Å². The largest absolute Gasteiger partial charge is 0.389 e. The predicted octanol–water partition coefficient (Wildman–Crippen LogP) is 1.79. The van der Waals surface area contributed by atoms with Gasteiger partial charge in [-0.25, -0.2) is 0 Å². The van der Waals surface area contributed by atoms with E-state index in [2.05, 4.69) is 4.98 Å². The number of carbonyl (C=O) groups excluding carboxylic acids is 1. The molecule has 1 N–H and O–H groups in total. The first kappa shape index (κ1) is 16.0. The van der Waals surface area contributed by atoms with Crippen LogP contribution in [-0.4, -0.2) is 51.8 Å². The van der Waals surface area contributed by atoms with Gasteiger partial charge in [0.25, 0.3) is 0 Å². The van der Waals surface area contributed by atoms with Crippen LogP contribution in [0.3, 0.4) is 0 Å². The van der Waals surface area contributed by atoms with Gasteiger partial charge in [0.2, 0.25) is 5.91 Å². The second kappa shape index (κ2) is 5.27. The Balaban J connectivity index is 1.41. The fourth-order valence-corrected chi connectivity index (χ4v) is 4.69. The van der Waals surface area contributed by atoms with Crippen LogP contribution in [0.2, 0.25) is 0 Å². The number of aliphatic hydroxyl groups is 1. The Kier molecular flexibility index (Phi) is 3.52. The van der Waals surface area contributed by atoms with Crippen molar-refractivity contribution in [3.8, 4) is 0 Å². The standard InChI is InChI=1S/C19H26N2O3/c1-17(2)19(12-15(19)13-24-17)16(22)21-9-5-18(23,6-10-21)11-14-3-7-20-8-4-14/h3-4,7-8,15,23H,5-6,9-13H2,1-2H3. The summed E-state index contributed by atoms with van der Waals surface area (Å²) in [6.07, 6.45) is 6.35. The number of ether oxygens (including phenoxy) is 1. The van der Waals surface area contributed by atoms with E-state index in [9.17, 15) is 9.90 Å². The molecule has 3 fully saturated rings. The lowest BCUT2D eigenvalue weighted by molar-refractivity contribution is -0.149. The molecular formula is C19H26N2O3. The Morgan fingerprint density at radius 2 is 2.00 bits per heavy atom. The van der Waals surface area contributed by atoms with Crippen LogP contribution in [0, 0.1) is 11.3 Å². The molecule has 2 saturated heterocycles. The van der Waals surface area contributed by atoms with Crippen LogP contribution in [0.4, 0.5) is 0 Å². The molecule has 2 aliphatic heterocycles. The number of likely N-dealkylation sites (tertiary alicyclic amines) is 1. The highest BCUT2D eigenvalue weighted by Crippen LogP contribution is 2.66.